The number of quaternary nitrogens is 1. The van der Waals surface area contributed by atoms with E-state index in [0.29, 0.717) is 12.1 Å². The van der Waals surface area contributed by atoms with Crippen LogP contribution in [-0.4, -0.2) is 20.0 Å². The predicted octanol–water partition coefficient (Wildman–Crippen LogP) is 1.80. The van der Waals surface area contributed by atoms with Crippen LogP contribution in [0.25, 0.3) is 6.08 Å². The van der Waals surface area contributed by atoms with Crippen LogP contribution in [0.2, 0.25) is 0 Å². The number of carbonyl (C=O) groups excluding carboxylic acids is 1. The number of benzene rings is 2. The smallest absolute Gasteiger partial charge is 0.244 e. The highest BCUT2D eigenvalue weighted by Gasteiger charge is 2.01. The van der Waals surface area contributed by atoms with Gasteiger partial charge in [0, 0.05) is 23.7 Å². The first-order chi connectivity index (χ1) is 11.0. The van der Waals surface area contributed by atoms with Gasteiger partial charge in [-0.1, -0.05) is 42.5 Å². The minimum Gasteiger partial charge on any atom is -0.348 e. The first-order valence-corrected chi connectivity index (χ1v) is 7.62. The van der Waals surface area contributed by atoms with Gasteiger partial charge in [-0.2, -0.15) is 0 Å². The molecule has 2 N–H and O–H groups in total. The first kappa shape index (κ1) is 16.9. The Bertz CT molecular complexity index is 678. The zero-order chi connectivity index (χ0) is 16.7. The summed E-state index contributed by atoms with van der Waals surface area (Å²) < 4.78 is 13.4. The zero-order valence-corrected chi connectivity index (χ0v) is 13.5. The minimum absolute atomic E-state index is 0.241. The molecule has 23 heavy (non-hydrogen) atoms. The van der Waals surface area contributed by atoms with Crippen LogP contribution in [0.3, 0.4) is 0 Å². The molecule has 0 unspecified atom stereocenters. The van der Waals surface area contributed by atoms with Crippen molar-refractivity contribution in [2.45, 2.75) is 13.1 Å². The monoisotopic (exact) mass is 313 g/mol. The second kappa shape index (κ2) is 8.25. The van der Waals surface area contributed by atoms with Crippen molar-refractivity contribution in [3.05, 3.63) is 77.1 Å². The van der Waals surface area contributed by atoms with Gasteiger partial charge in [-0.3, -0.25) is 4.79 Å². The number of hydrogen-bond donors (Lipinski definition) is 2. The van der Waals surface area contributed by atoms with Gasteiger partial charge in [-0.05, 0) is 17.7 Å². The number of hydrogen-bond acceptors (Lipinski definition) is 1. The Balaban J connectivity index is 1.86. The summed E-state index contributed by atoms with van der Waals surface area (Å²) in [5, 5.41) is 2.80. The molecule has 0 atom stereocenters. The van der Waals surface area contributed by atoms with Crippen molar-refractivity contribution in [3.8, 4) is 0 Å². The fraction of sp³-hybridized carbons (Fsp3) is 0.211. The SMILES string of the molecule is C[NH+](C)Cc1ccc(CNC(=O)/C=C/c2ccccc2F)cc1. The fourth-order valence-corrected chi connectivity index (χ4v) is 2.21. The van der Waals surface area contributed by atoms with Crippen LogP contribution in [0.1, 0.15) is 16.7 Å². The second-order valence-corrected chi connectivity index (χ2v) is 5.77. The maximum absolute atomic E-state index is 13.4. The van der Waals surface area contributed by atoms with Crippen molar-refractivity contribution in [1.29, 1.82) is 0 Å². The zero-order valence-electron chi connectivity index (χ0n) is 13.5. The number of rotatable bonds is 6. The van der Waals surface area contributed by atoms with E-state index in [1.807, 2.05) is 12.1 Å². The van der Waals surface area contributed by atoms with Gasteiger partial charge in [0.25, 0.3) is 0 Å². The van der Waals surface area contributed by atoms with E-state index >= 15 is 0 Å². The van der Waals surface area contributed by atoms with Gasteiger partial charge < -0.3 is 10.2 Å². The summed E-state index contributed by atoms with van der Waals surface area (Å²) in [6.07, 6.45) is 2.83. The van der Waals surface area contributed by atoms with Crippen LogP contribution < -0.4 is 10.2 Å². The van der Waals surface area contributed by atoms with Crippen molar-refractivity contribution < 1.29 is 14.1 Å². The highest BCUT2D eigenvalue weighted by atomic mass is 19.1. The number of nitrogens with one attached hydrogen (secondary N) is 2. The molecule has 4 heteroatoms. The Morgan fingerprint density at radius 1 is 1.09 bits per heavy atom. The van der Waals surface area contributed by atoms with Gasteiger partial charge in [-0.25, -0.2) is 4.39 Å². The van der Waals surface area contributed by atoms with Crippen LogP contribution >= 0.6 is 0 Å². The van der Waals surface area contributed by atoms with Crippen molar-refractivity contribution in [3.63, 3.8) is 0 Å². The Labute approximate surface area is 136 Å². The van der Waals surface area contributed by atoms with E-state index in [-0.39, 0.29) is 11.7 Å². The van der Waals surface area contributed by atoms with Crippen molar-refractivity contribution in [1.82, 2.24) is 5.32 Å². The molecular weight excluding hydrogens is 291 g/mol. The van der Waals surface area contributed by atoms with Gasteiger partial charge in [0.2, 0.25) is 5.91 Å². The topological polar surface area (TPSA) is 33.5 Å². The third kappa shape index (κ3) is 5.68. The molecule has 0 aliphatic heterocycles. The molecule has 0 aliphatic rings. The summed E-state index contributed by atoms with van der Waals surface area (Å²) in [6.45, 7) is 1.42. The molecule has 0 bridgehead atoms. The molecule has 0 spiro atoms. The molecule has 1 amide bonds. The fourth-order valence-electron chi connectivity index (χ4n) is 2.21. The molecule has 0 saturated carbocycles. The van der Waals surface area contributed by atoms with Gasteiger partial charge in [0.05, 0.1) is 14.1 Å². The van der Waals surface area contributed by atoms with E-state index in [1.54, 1.807) is 18.2 Å². The molecule has 0 radical (unpaired) electrons. The molecule has 0 heterocycles. The van der Waals surface area contributed by atoms with E-state index in [9.17, 15) is 9.18 Å². The summed E-state index contributed by atoms with van der Waals surface area (Å²) in [5.74, 6) is -0.578. The highest BCUT2D eigenvalue weighted by molar-refractivity contribution is 5.91. The van der Waals surface area contributed by atoms with E-state index in [4.69, 9.17) is 0 Å². The van der Waals surface area contributed by atoms with Crippen molar-refractivity contribution >= 4 is 12.0 Å². The van der Waals surface area contributed by atoms with Crippen molar-refractivity contribution in [2.24, 2.45) is 0 Å². The average Bonchev–Trinajstić information content (AvgIpc) is 2.53. The molecule has 0 saturated heterocycles. The third-order valence-electron chi connectivity index (χ3n) is 3.37. The second-order valence-electron chi connectivity index (χ2n) is 5.77. The average molecular weight is 313 g/mol. The Morgan fingerprint density at radius 2 is 1.74 bits per heavy atom. The summed E-state index contributed by atoms with van der Waals surface area (Å²) in [4.78, 5) is 13.2. The maximum atomic E-state index is 13.4. The van der Waals surface area contributed by atoms with Crippen LogP contribution in [0, 0.1) is 5.82 Å². The molecule has 0 aromatic heterocycles. The summed E-state index contributed by atoms with van der Waals surface area (Å²) >= 11 is 0. The number of halogens is 1. The minimum atomic E-state index is -0.338. The number of carbonyl (C=O) groups is 1. The molecule has 120 valence electrons. The summed E-state index contributed by atoms with van der Waals surface area (Å²) in [7, 11) is 4.21. The lowest BCUT2D eigenvalue weighted by Crippen LogP contribution is -3.04. The van der Waals surface area contributed by atoms with E-state index in [1.165, 1.54) is 28.7 Å². The van der Waals surface area contributed by atoms with E-state index < -0.39 is 0 Å². The summed E-state index contributed by atoms with van der Waals surface area (Å²) in [5.41, 5.74) is 2.70. The van der Waals surface area contributed by atoms with Gasteiger partial charge in [0.15, 0.2) is 0 Å². The lowest BCUT2D eigenvalue weighted by atomic mass is 10.1. The van der Waals surface area contributed by atoms with Crippen molar-refractivity contribution in [2.75, 3.05) is 14.1 Å². The Hall–Kier alpha value is -2.46. The van der Waals surface area contributed by atoms with Crippen LogP contribution in [0.4, 0.5) is 4.39 Å². The third-order valence-corrected chi connectivity index (χ3v) is 3.37. The molecule has 0 aliphatic carbocycles. The quantitative estimate of drug-likeness (QED) is 0.784. The standard InChI is InChI=1S/C19H21FN2O/c1-22(2)14-16-9-7-15(8-10-16)13-21-19(23)12-11-17-5-3-4-6-18(17)20/h3-12H,13-14H2,1-2H3,(H,21,23)/p+1/b12-11+. The van der Waals surface area contributed by atoms with Crippen LogP contribution in [-0.2, 0) is 17.9 Å². The molecular formula is C19H22FN2O+. The Morgan fingerprint density at radius 3 is 2.39 bits per heavy atom. The summed E-state index contributed by atoms with van der Waals surface area (Å²) in [6, 6.07) is 14.5. The van der Waals surface area contributed by atoms with E-state index in [0.717, 1.165) is 12.1 Å². The van der Waals surface area contributed by atoms with Gasteiger partial charge >= 0.3 is 0 Å². The largest absolute Gasteiger partial charge is 0.348 e. The van der Waals surface area contributed by atoms with E-state index in [2.05, 4.69) is 31.5 Å². The molecule has 3 nitrogen and oxygen atoms in total. The predicted molar refractivity (Wildman–Crippen MR) is 90.2 cm³/mol. The molecule has 0 fully saturated rings. The van der Waals surface area contributed by atoms with Crippen LogP contribution in [0.15, 0.2) is 54.6 Å². The van der Waals surface area contributed by atoms with Gasteiger partial charge in [0.1, 0.15) is 12.4 Å². The molecule has 2 aromatic rings. The van der Waals surface area contributed by atoms with Crippen LogP contribution in [0.5, 0.6) is 0 Å². The molecule has 2 aromatic carbocycles. The molecule has 2 rings (SSSR count). The van der Waals surface area contributed by atoms with Gasteiger partial charge in [-0.15, -0.1) is 0 Å². The number of amides is 1. The maximum Gasteiger partial charge on any atom is 0.244 e. The first-order valence-electron chi connectivity index (χ1n) is 7.62. The Kier molecular flexibility index (Phi) is 6.06. The highest BCUT2D eigenvalue weighted by Crippen LogP contribution is 2.08. The normalized spacial score (nSPS) is 11.1. The lowest BCUT2D eigenvalue weighted by Gasteiger charge is -2.08. The lowest BCUT2D eigenvalue weighted by molar-refractivity contribution is -0.872.